The number of rotatable bonds is 5. The number of nitrogens with one attached hydrogen (secondary N) is 1. The maximum atomic E-state index is 11.1. The quantitative estimate of drug-likeness (QED) is 0.450. The molecule has 0 aliphatic carbocycles. The summed E-state index contributed by atoms with van der Waals surface area (Å²) < 4.78 is 9.86. The molecule has 1 radical (unpaired) electrons. The smallest absolute Gasteiger partial charge is 0.407 e. The van der Waals surface area contributed by atoms with Crippen LogP contribution in [0, 0.1) is 11.7 Å². The molecular weight excluding hydrogens is 217 g/mol. The number of carbonyl (C=O) groups is 1. The van der Waals surface area contributed by atoms with Gasteiger partial charge in [0.25, 0.3) is 0 Å². The van der Waals surface area contributed by atoms with Gasteiger partial charge in [0.1, 0.15) is 6.61 Å². The van der Waals surface area contributed by atoms with Crippen LogP contribution in [-0.2, 0) is 9.47 Å². The lowest BCUT2D eigenvalue weighted by molar-refractivity contribution is 0.0793. The molecule has 1 N–H and O–H groups in total. The Morgan fingerprint density at radius 1 is 1.35 bits per heavy atom. The molecule has 0 aromatic heterocycles. The van der Waals surface area contributed by atoms with Crippen LogP contribution in [0.2, 0.25) is 5.31 Å². The molecular formula is C12H21BNO3. The van der Waals surface area contributed by atoms with Gasteiger partial charge < -0.3 is 14.8 Å². The Morgan fingerprint density at radius 3 is 2.65 bits per heavy atom. The molecule has 17 heavy (non-hydrogen) atoms. The van der Waals surface area contributed by atoms with Crippen molar-refractivity contribution in [3.05, 3.63) is 0 Å². The summed E-state index contributed by atoms with van der Waals surface area (Å²) in [6.07, 6.45) is -0.463. The Bertz CT molecular complexity index is 276. The van der Waals surface area contributed by atoms with Gasteiger partial charge >= 0.3 is 6.09 Å². The minimum absolute atomic E-state index is 0.0744. The fourth-order valence-electron chi connectivity index (χ4n) is 0.824. The standard InChI is InChI=1S/C12H21BNO3/c1-5-16-9-10-17-11(15)14-8-6-7-13-12(2,3)4/h5,8-10H2,1-4H3,(H,14,15). The molecule has 0 atom stereocenters. The van der Waals surface area contributed by atoms with Crippen LogP contribution < -0.4 is 5.32 Å². The van der Waals surface area contributed by atoms with Gasteiger partial charge in [-0.25, -0.2) is 4.79 Å². The first-order valence-corrected chi connectivity index (χ1v) is 5.77. The second kappa shape index (κ2) is 8.94. The molecule has 0 unspecified atom stereocenters. The Labute approximate surface area is 105 Å². The Kier molecular flexibility index (Phi) is 8.34. The molecule has 0 aromatic carbocycles. The second-order valence-electron chi connectivity index (χ2n) is 4.52. The van der Waals surface area contributed by atoms with Crippen molar-refractivity contribution in [2.75, 3.05) is 26.4 Å². The molecule has 0 fully saturated rings. The fraction of sp³-hybridized carbons (Fsp3) is 0.750. The van der Waals surface area contributed by atoms with Crippen molar-refractivity contribution in [2.24, 2.45) is 0 Å². The lowest BCUT2D eigenvalue weighted by atomic mass is 9.56. The molecule has 0 heterocycles. The highest BCUT2D eigenvalue weighted by atomic mass is 16.6. The van der Waals surface area contributed by atoms with E-state index in [-0.39, 0.29) is 11.9 Å². The van der Waals surface area contributed by atoms with Crippen LogP contribution in [0.25, 0.3) is 0 Å². The third-order valence-electron chi connectivity index (χ3n) is 1.59. The van der Waals surface area contributed by atoms with E-state index in [1.807, 2.05) is 14.2 Å². The fourth-order valence-corrected chi connectivity index (χ4v) is 0.824. The van der Waals surface area contributed by atoms with Crippen molar-refractivity contribution in [3.63, 3.8) is 0 Å². The molecule has 0 bridgehead atoms. The summed E-state index contributed by atoms with van der Waals surface area (Å²) in [5, 5.41) is 2.61. The molecule has 0 saturated carbocycles. The predicted molar refractivity (Wildman–Crippen MR) is 69.1 cm³/mol. The first-order valence-electron chi connectivity index (χ1n) is 5.77. The first kappa shape index (κ1) is 15.9. The van der Waals surface area contributed by atoms with E-state index >= 15 is 0 Å². The molecule has 0 aliphatic heterocycles. The monoisotopic (exact) mass is 238 g/mol. The number of hydrogen-bond donors (Lipinski definition) is 1. The predicted octanol–water partition coefficient (Wildman–Crippen LogP) is 1.63. The molecule has 0 rings (SSSR count). The summed E-state index contributed by atoms with van der Waals surface area (Å²) >= 11 is 0. The topological polar surface area (TPSA) is 47.6 Å². The summed E-state index contributed by atoms with van der Waals surface area (Å²) in [5.41, 5.74) is 0. The normalized spacial score (nSPS) is 10.1. The van der Waals surface area contributed by atoms with E-state index in [1.165, 1.54) is 0 Å². The lowest BCUT2D eigenvalue weighted by Gasteiger charge is -2.10. The summed E-state index contributed by atoms with van der Waals surface area (Å²) in [7, 11) is 1.90. The molecule has 0 aliphatic rings. The minimum atomic E-state index is -0.463. The van der Waals surface area contributed by atoms with Gasteiger partial charge in [0.2, 0.25) is 7.28 Å². The van der Waals surface area contributed by atoms with Crippen LogP contribution in [-0.4, -0.2) is 39.7 Å². The number of alkyl carbamates (subject to hydrolysis) is 1. The molecule has 4 nitrogen and oxygen atoms in total. The molecule has 1 amide bonds. The molecule has 0 spiro atoms. The van der Waals surface area contributed by atoms with Crippen molar-refractivity contribution in [1.82, 2.24) is 5.32 Å². The Balaban J connectivity index is 3.51. The van der Waals surface area contributed by atoms with E-state index in [9.17, 15) is 4.79 Å². The van der Waals surface area contributed by atoms with Gasteiger partial charge in [-0.15, -0.1) is 0 Å². The van der Waals surface area contributed by atoms with E-state index in [4.69, 9.17) is 9.47 Å². The van der Waals surface area contributed by atoms with Gasteiger partial charge in [0, 0.05) is 6.61 Å². The minimum Gasteiger partial charge on any atom is -0.447 e. The lowest BCUT2D eigenvalue weighted by Crippen LogP contribution is -2.26. The van der Waals surface area contributed by atoms with E-state index in [1.54, 1.807) is 0 Å². The third kappa shape index (κ3) is 12.8. The van der Waals surface area contributed by atoms with Gasteiger partial charge in [-0.1, -0.05) is 32.0 Å². The van der Waals surface area contributed by atoms with Crippen molar-refractivity contribution < 1.29 is 14.3 Å². The van der Waals surface area contributed by atoms with Crippen LogP contribution in [0.3, 0.4) is 0 Å². The van der Waals surface area contributed by atoms with Gasteiger partial charge in [-0.2, -0.15) is 5.82 Å². The average Bonchev–Trinajstić information content (AvgIpc) is 2.22. The van der Waals surface area contributed by atoms with E-state index in [2.05, 4.69) is 37.8 Å². The van der Waals surface area contributed by atoms with E-state index < -0.39 is 6.09 Å². The first-order chi connectivity index (χ1) is 7.95. The van der Waals surface area contributed by atoms with Gasteiger partial charge in [0.05, 0.1) is 13.2 Å². The Morgan fingerprint density at radius 2 is 2.06 bits per heavy atom. The summed E-state index contributed by atoms with van der Waals surface area (Å²) in [6.45, 7) is 9.69. The van der Waals surface area contributed by atoms with Crippen LogP contribution >= 0.6 is 0 Å². The van der Waals surface area contributed by atoms with Gasteiger partial charge in [-0.05, 0) is 6.92 Å². The molecule has 0 aromatic rings. The van der Waals surface area contributed by atoms with Crippen LogP contribution in [0.5, 0.6) is 0 Å². The molecule has 0 saturated heterocycles. The zero-order valence-corrected chi connectivity index (χ0v) is 11.1. The number of hydrogen-bond acceptors (Lipinski definition) is 3. The maximum absolute atomic E-state index is 11.1. The molecule has 5 heteroatoms. The highest BCUT2D eigenvalue weighted by Crippen LogP contribution is 2.18. The van der Waals surface area contributed by atoms with E-state index in [0.717, 1.165) is 0 Å². The van der Waals surface area contributed by atoms with Gasteiger partial charge in [0.15, 0.2) is 0 Å². The number of amides is 1. The summed E-state index contributed by atoms with van der Waals surface area (Å²) in [5.74, 6) is 5.71. The van der Waals surface area contributed by atoms with Gasteiger partial charge in [-0.3, -0.25) is 0 Å². The number of ether oxygens (including phenoxy) is 2. The van der Waals surface area contributed by atoms with Crippen molar-refractivity contribution in [2.45, 2.75) is 33.0 Å². The largest absolute Gasteiger partial charge is 0.447 e. The summed E-state index contributed by atoms with van der Waals surface area (Å²) in [6, 6.07) is 0. The van der Waals surface area contributed by atoms with Crippen LogP contribution in [0.15, 0.2) is 0 Å². The highest BCUT2D eigenvalue weighted by molar-refractivity contribution is 6.49. The highest BCUT2D eigenvalue weighted by Gasteiger charge is 2.09. The zero-order valence-electron chi connectivity index (χ0n) is 11.1. The number of carbonyl (C=O) groups excluding carboxylic acids is 1. The Hall–Kier alpha value is -1.15. The average molecular weight is 238 g/mol. The van der Waals surface area contributed by atoms with Crippen LogP contribution in [0.1, 0.15) is 27.7 Å². The van der Waals surface area contributed by atoms with Crippen molar-refractivity contribution in [3.8, 4) is 11.7 Å². The van der Waals surface area contributed by atoms with Crippen molar-refractivity contribution in [1.29, 1.82) is 0 Å². The SMILES string of the molecule is CCOCCOC(=O)NCC#C[B]C(C)(C)C. The second-order valence-corrected chi connectivity index (χ2v) is 4.52. The van der Waals surface area contributed by atoms with E-state index in [0.29, 0.717) is 19.8 Å². The maximum Gasteiger partial charge on any atom is 0.407 e. The molecule has 95 valence electrons. The summed E-state index contributed by atoms with van der Waals surface area (Å²) in [4.78, 5) is 11.1. The third-order valence-corrected chi connectivity index (χ3v) is 1.59. The zero-order chi connectivity index (χ0) is 13.1. The van der Waals surface area contributed by atoms with Crippen molar-refractivity contribution >= 4 is 13.4 Å². The van der Waals surface area contributed by atoms with Crippen LogP contribution in [0.4, 0.5) is 4.79 Å².